The summed E-state index contributed by atoms with van der Waals surface area (Å²) in [6, 6.07) is 1.96. The minimum Gasteiger partial charge on any atom is -0.394 e. The third-order valence-corrected chi connectivity index (χ3v) is 3.92. The molecule has 0 aliphatic carbocycles. The largest absolute Gasteiger partial charge is 0.394 e. The zero-order valence-corrected chi connectivity index (χ0v) is 13.9. The normalized spacial score (nSPS) is 15.5. The standard InChI is InChI=1S/C15H23N7O/c1-15(2,3)14-19-12(10-5-6-18-21(10)4)11(16)13(20-14)22(17)9-7-23-8-9/h5-6,9H,7-8,16-17H2,1-4H3. The van der Waals surface area contributed by atoms with Crippen LogP contribution in [-0.4, -0.2) is 39.0 Å². The van der Waals surface area contributed by atoms with Crippen molar-refractivity contribution >= 4 is 11.5 Å². The quantitative estimate of drug-likeness (QED) is 0.637. The molecule has 0 bridgehead atoms. The van der Waals surface area contributed by atoms with Crippen LogP contribution in [0.3, 0.4) is 0 Å². The highest BCUT2D eigenvalue weighted by molar-refractivity contribution is 5.79. The maximum Gasteiger partial charge on any atom is 0.170 e. The average Bonchev–Trinajstić information content (AvgIpc) is 2.81. The first kappa shape index (κ1) is 15.7. The highest BCUT2D eigenvalue weighted by Crippen LogP contribution is 2.34. The number of anilines is 2. The van der Waals surface area contributed by atoms with Crippen molar-refractivity contribution in [1.82, 2.24) is 19.7 Å². The third kappa shape index (κ3) is 2.75. The van der Waals surface area contributed by atoms with E-state index in [1.807, 2.05) is 13.1 Å². The second-order valence-electron chi connectivity index (χ2n) is 6.82. The van der Waals surface area contributed by atoms with Crippen molar-refractivity contribution in [3.05, 3.63) is 18.1 Å². The molecule has 1 aliphatic rings. The first-order valence-electron chi connectivity index (χ1n) is 7.57. The number of nitrogen functional groups attached to an aromatic ring is 1. The van der Waals surface area contributed by atoms with E-state index in [0.29, 0.717) is 36.2 Å². The molecule has 0 atom stereocenters. The van der Waals surface area contributed by atoms with Crippen LogP contribution in [0.2, 0.25) is 0 Å². The first-order chi connectivity index (χ1) is 10.8. The Bertz CT molecular complexity index is 715. The molecule has 2 aromatic heterocycles. The van der Waals surface area contributed by atoms with Gasteiger partial charge < -0.3 is 10.5 Å². The number of nitrogens with zero attached hydrogens (tertiary/aromatic N) is 5. The maximum atomic E-state index is 6.34. The highest BCUT2D eigenvalue weighted by Gasteiger charge is 2.30. The molecular formula is C15H23N7O. The van der Waals surface area contributed by atoms with E-state index < -0.39 is 0 Å². The molecule has 124 valence electrons. The summed E-state index contributed by atoms with van der Waals surface area (Å²) in [5.41, 5.74) is 8.05. The molecule has 4 N–H and O–H groups in total. The van der Waals surface area contributed by atoms with E-state index in [-0.39, 0.29) is 11.5 Å². The number of hydrazine groups is 1. The fourth-order valence-corrected chi connectivity index (χ4v) is 2.35. The second-order valence-corrected chi connectivity index (χ2v) is 6.82. The Morgan fingerprint density at radius 2 is 2.00 bits per heavy atom. The fourth-order valence-electron chi connectivity index (χ4n) is 2.35. The number of nitrogens with two attached hydrogens (primary N) is 2. The summed E-state index contributed by atoms with van der Waals surface area (Å²) >= 11 is 0. The maximum absolute atomic E-state index is 6.34. The van der Waals surface area contributed by atoms with Gasteiger partial charge >= 0.3 is 0 Å². The summed E-state index contributed by atoms with van der Waals surface area (Å²) in [4.78, 5) is 9.31. The summed E-state index contributed by atoms with van der Waals surface area (Å²) in [6.45, 7) is 7.33. The number of ether oxygens (including phenoxy) is 1. The summed E-state index contributed by atoms with van der Waals surface area (Å²) in [7, 11) is 1.85. The molecule has 0 spiro atoms. The Hall–Kier alpha value is -2.19. The molecule has 8 nitrogen and oxygen atoms in total. The molecule has 2 aromatic rings. The topological polar surface area (TPSA) is 108 Å². The van der Waals surface area contributed by atoms with Gasteiger partial charge in [0.25, 0.3) is 0 Å². The van der Waals surface area contributed by atoms with E-state index in [2.05, 4.69) is 35.8 Å². The van der Waals surface area contributed by atoms with Gasteiger partial charge in [-0.15, -0.1) is 0 Å². The Morgan fingerprint density at radius 3 is 2.48 bits per heavy atom. The van der Waals surface area contributed by atoms with Crippen molar-refractivity contribution < 1.29 is 4.74 Å². The van der Waals surface area contributed by atoms with Crippen molar-refractivity contribution in [2.45, 2.75) is 32.2 Å². The first-order valence-corrected chi connectivity index (χ1v) is 7.57. The molecule has 0 saturated carbocycles. The Kier molecular flexibility index (Phi) is 3.73. The van der Waals surface area contributed by atoms with Gasteiger partial charge in [0.05, 0.1) is 24.9 Å². The van der Waals surface area contributed by atoms with E-state index in [9.17, 15) is 0 Å². The predicted octanol–water partition coefficient (Wildman–Crippen LogP) is 0.836. The van der Waals surface area contributed by atoms with Gasteiger partial charge in [0.2, 0.25) is 0 Å². The summed E-state index contributed by atoms with van der Waals surface area (Å²) < 4.78 is 6.95. The van der Waals surface area contributed by atoms with E-state index in [1.165, 1.54) is 0 Å². The Balaban J connectivity index is 2.17. The van der Waals surface area contributed by atoms with Crippen molar-refractivity contribution in [2.24, 2.45) is 12.9 Å². The van der Waals surface area contributed by atoms with Crippen molar-refractivity contribution in [3.63, 3.8) is 0 Å². The van der Waals surface area contributed by atoms with Crippen LogP contribution in [0.15, 0.2) is 12.3 Å². The molecule has 0 amide bonds. The van der Waals surface area contributed by atoms with Gasteiger partial charge in [-0.1, -0.05) is 20.8 Å². The molecule has 0 aromatic carbocycles. The molecule has 3 heterocycles. The summed E-state index contributed by atoms with van der Waals surface area (Å²) in [5, 5.41) is 5.79. The van der Waals surface area contributed by atoms with Gasteiger partial charge in [-0.05, 0) is 6.07 Å². The van der Waals surface area contributed by atoms with E-state index in [1.54, 1.807) is 15.9 Å². The summed E-state index contributed by atoms with van der Waals surface area (Å²) in [6.07, 6.45) is 1.72. The van der Waals surface area contributed by atoms with Gasteiger partial charge in [-0.2, -0.15) is 5.10 Å². The van der Waals surface area contributed by atoms with Crippen LogP contribution in [0.1, 0.15) is 26.6 Å². The van der Waals surface area contributed by atoms with Crippen LogP contribution in [0.4, 0.5) is 11.5 Å². The van der Waals surface area contributed by atoms with Crippen LogP contribution >= 0.6 is 0 Å². The number of hydrogen-bond acceptors (Lipinski definition) is 7. The van der Waals surface area contributed by atoms with Crippen LogP contribution < -0.4 is 16.6 Å². The summed E-state index contributed by atoms with van der Waals surface area (Å²) in [5.74, 6) is 7.46. The van der Waals surface area contributed by atoms with Crippen molar-refractivity contribution in [2.75, 3.05) is 24.0 Å². The Morgan fingerprint density at radius 1 is 1.30 bits per heavy atom. The van der Waals surface area contributed by atoms with E-state index in [0.717, 1.165) is 5.69 Å². The van der Waals surface area contributed by atoms with Crippen LogP contribution in [-0.2, 0) is 17.2 Å². The molecule has 1 fully saturated rings. The van der Waals surface area contributed by atoms with Gasteiger partial charge in [0.1, 0.15) is 17.2 Å². The molecule has 0 radical (unpaired) electrons. The fraction of sp³-hybridized carbons (Fsp3) is 0.533. The highest BCUT2D eigenvalue weighted by atomic mass is 16.5. The monoisotopic (exact) mass is 317 g/mol. The number of hydrogen-bond donors (Lipinski definition) is 2. The number of aryl methyl sites for hydroxylation is 1. The Labute approximate surface area is 135 Å². The molecule has 23 heavy (non-hydrogen) atoms. The zero-order valence-electron chi connectivity index (χ0n) is 13.9. The van der Waals surface area contributed by atoms with Crippen LogP contribution in [0.25, 0.3) is 11.4 Å². The van der Waals surface area contributed by atoms with Gasteiger partial charge in [0.15, 0.2) is 5.82 Å². The van der Waals surface area contributed by atoms with Gasteiger partial charge in [-0.25, -0.2) is 15.8 Å². The van der Waals surface area contributed by atoms with Gasteiger partial charge in [0, 0.05) is 18.7 Å². The minimum atomic E-state index is -0.229. The molecule has 3 rings (SSSR count). The number of aromatic nitrogens is 4. The van der Waals surface area contributed by atoms with Crippen molar-refractivity contribution in [1.29, 1.82) is 0 Å². The van der Waals surface area contributed by atoms with Crippen LogP contribution in [0, 0.1) is 0 Å². The number of rotatable bonds is 3. The molecular weight excluding hydrogens is 294 g/mol. The average molecular weight is 317 g/mol. The van der Waals surface area contributed by atoms with Crippen LogP contribution in [0.5, 0.6) is 0 Å². The smallest absolute Gasteiger partial charge is 0.170 e. The lowest BCUT2D eigenvalue weighted by atomic mass is 9.95. The lowest BCUT2D eigenvalue weighted by Crippen LogP contribution is -2.53. The van der Waals surface area contributed by atoms with E-state index >= 15 is 0 Å². The SMILES string of the molecule is Cn1nccc1-c1nc(C(C)(C)C)nc(N(N)C2COC2)c1N. The molecule has 1 aliphatic heterocycles. The lowest BCUT2D eigenvalue weighted by Gasteiger charge is -2.35. The molecule has 1 saturated heterocycles. The lowest BCUT2D eigenvalue weighted by molar-refractivity contribution is 0.00777. The predicted molar refractivity (Wildman–Crippen MR) is 88.6 cm³/mol. The second kappa shape index (κ2) is 5.47. The molecule has 8 heteroatoms. The van der Waals surface area contributed by atoms with Crippen molar-refractivity contribution in [3.8, 4) is 11.4 Å². The van der Waals surface area contributed by atoms with Gasteiger partial charge in [-0.3, -0.25) is 9.69 Å². The van der Waals surface area contributed by atoms with E-state index in [4.69, 9.17) is 16.3 Å². The minimum absolute atomic E-state index is 0.0828. The zero-order chi connectivity index (χ0) is 16.8. The molecule has 0 unspecified atom stereocenters. The third-order valence-electron chi connectivity index (χ3n) is 3.92.